The number of hydrogen-bond donors (Lipinski definition) is 5. The number of anilines is 2. The Morgan fingerprint density at radius 2 is 1.76 bits per heavy atom. The van der Waals surface area contributed by atoms with Crippen molar-refractivity contribution in [2.24, 2.45) is 11.8 Å². The Balaban J connectivity index is 1.19. The number of benzene rings is 1. The van der Waals surface area contributed by atoms with Crippen LogP contribution in [0.2, 0.25) is 0 Å². The summed E-state index contributed by atoms with van der Waals surface area (Å²) < 4.78 is 1.08. The van der Waals surface area contributed by atoms with Crippen LogP contribution in [0.15, 0.2) is 42.6 Å². The molecule has 0 radical (unpaired) electrons. The van der Waals surface area contributed by atoms with E-state index in [4.69, 9.17) is 15.0 Å². The van der Waals surface area contributed by atoms with Gasteiger partial charge in [0.1, 0.15) is 22.4 Å². The molecule has 5 N–H and O–H groups in total. The van der Waals surface area contributed by atoms with Crippen molar-refractivity contribution in [2.45, 2.75) is 82.1 Å². The van der Waals surface area contributed by atoms with E-state index in [1.165, 1.54) is 5.56 Å². The summed E-state index contributed by atoms with van der Waals surface area (Å²) in [5.74, 6) is 2.29. The van der Waals surface area contributed by atoms with Crippen LogP contribution in [0.3, 0.4) is 0 Å². The highest BCUT2D eigenvalue weighted by Crippen LogP contribution is 2.46. The monoisotopic (exact) mass is 586 g/mol. The smallest absolute Gasteiger partial charge is 0.225 e. The molecule has 1 aromatic carbocycles. The van der Waals surface area contributed by atoms with Crippen molar-refractivity contribution in [3.05, 3.63) is 59.5 Å². The van der Waals surface area contributed by atoms with Gasteiger partial charge >= 0.3 is 0 Å². The fraction of sp³-hybridized carbons (Fsp3) is 0.500. The lowest BCUT2D eigenvalue weighted by Gasteiger charge is -2.39. The number of aryl methyl sites for hydroxylation is 1. The van der Waals surface area contributed by atoms with Crippen LogP contribution in [0.25, 0.3) is 20.8 Å². The van der Waals surface area contributed by atoms with Crippen LogP contribution < -0.4 is 10.6 Å². The molecule has 10 heteroatoms. The van der Waals surface area contributed by atoms with Gasteiger partial charge in [-0.2, -0.15) is 4.98 Å². The Kier molecular flexibility index (Phi) is 7.34. The molecular weight excluding hydrogens is 548 g/mol. The van der Waals surface area contributed by atoms with Gasteiger partial charge in [0.15, 0.2) is 0 Å². The summed E-state index contributed by atoms with van der Waals surface area (Å²) in [6.45, 7) is 3.97. The maximum absolute atomic E-state index is 10.8. The molecule has 4 aromatic rings. The number of fused-ring (bicyclic) bond motifs is 1. The molecule has 3 saturated carbocycles. The summed E-state index contributed by atoms with van der Waals surface area (Å²) in [5, 5.41) is 38.8. The number of thiazole rings is 1. The van der Waals surface area contributed by atoms with Crippen LogP contribution in [-0.4, -0.2) is 66.2 Å². The molecule has 3 aliphatic rings. The predicted molar refractivity (Wildman–Crippen MR) is 165 cm³/mol. The highest BCUT2D eigenvalue weighted by atomic mass is 32.1. The van der Waals surface area contributed by atoms with Gasteiger partial charge in [0.05, 0.1) is 33.8 Å². The number of nitrogens with zero attached hydrogens (tertiary/aromatic N) is 4. The molecule has 42 heavy (non-hydrogen) atoms. The predicted octanol–water partition coefficient (Wildman–Crippen LogP) is 4.84. The van der Waals surface area contributed by atoms with Gasteiger partial charge in [0.25, 0.3) is 0 Å². The van der Waals surface area contributed by atoms with Crippen molar-refractivity contribution in [1.82, 2.24) is 19.9 Å². The van der Waals surface area contributed by atoms with Gasteiger partial charge in [-0.05, 0) is 69.4 Å². The van der Waals surface area contributed by atoms with E-state index in [1.54, 1.807) is 11.3 Å². The first-order chi connectivity index (χ1) is 20.4. The second-order valence-electron chi connectivity index (χ2n) is 12.4. The molecule has 5 unspecified atom stereocenters. The molecule has 0 bridgehead atoms. The zero-order chi connectivity index (χ0) is 29.0. The third-order valence-electron chi connectivity index (χ3n) is 9.47. The second kappa shape index (κ2) is 11.1. The Morgan fingerprint density at radius 3 is 2.48 bits per heavy atom. The zero-order valence-electron chi connectivity index (χ0n) is 23.9. The molecule has 3 heterocycles. The lowest BCUT2D eigenvalue weighted by atomic mass is 9.68. The second-order valence-corrected chi connectivity index (χ2v) is 13.4. The third-order valence-corrected chi connectivity index (χ3v) is 10.5. The standard InChI is InChI=1S/C32H38N6O3S/c1-16(20-12-21(13-20)18-6-4-3-5-7-18)34-32-35-17(2)25(30(38-32)36-23-14-22(15-39)28(40)29(23)41)31-37-27-24(42-31)10-11-33-26(27)19-8-9-19/h3-7,10-11,16,19-23,28-29,39-41H,8-9,12-15H2,1-2H3,(H2,34,35,36,38). The number of rotatable bonds is 9. The summed E-state index contributed by atoms with van der Waals surface area (Å²) >= 11 is 1.59. The van der Waals surface area contributed by atoms with Crippen LogP contribution in [0.1, 0.15) is 67.8 Å². The van der Waals surface area contributed by atoms with Crippen molar-refractivity contribution < 1.29 is 15.3 Å². The quantitative estimate of drug-likeness (QED) is 0.187. The Bertz CT molecular complexity index is 1570. The van der Waals surface area contributed by atoms with E-state index in [0.717, 1.165) is 57.9 Å². The highest BCUT2D eigenvalue weighted by molar-refractivity contribution is 7.21. The maximum Gasteiger partial charge on any atom is 0.225 e. The topological polar surface area (TPSA) is 136 Å². The summed E-state index contributed by atoms with van der Waals surface area (Å²) in [6.07, 6.45) is 4.81. The lowest BCUT2D eigenvalue weighted by Crippen LogP contribution is -2.37. The van der Waals surface area contributed by atoms with Crippen LogP contribution in [0, 0.1) is 18.8 Å². The average molecular weight is 587 g/mol. The Labute approximate surface area is 249 Å². The van der Waals surface area contributed by atoms with Crippen molar-refractivity contribution in [2.75, 3.05) is 17.2 Å². The minimum Gasteiger partial charge on any atom is -0.396 e. The van der Waals surface area contributed by atoms with Gasteiger partial charge in [0, 0.05) is 30.7 Å². The van der Waals surface area contributed by atoms with E-state index >= 15 is 0 Å². The van der Waals surface area contributed by atoms with Crippen LogP contribution in [0.5, 0.6) is 0 Å². The molecule has 0 aliphatic heterocycles. The van der Waals surface area contributed by atoms with E-state index in [-0.39, 0.29) is 12.6 Å². The minimum absolute atomic E-state index is 0.184. The third kappa shape index (κ3) is 5.15. The molecule has 3 aromatic heterocycles. The average Bonchev–Trinajstić information content (AvgIpc) is 3.65. The highest BCUT2D eigenvalue weighted by Gasteiger charge is 2.42. The molecule has 0 amide bonds. The van der Waals surface area contributed by atoms with E-state index in [0.29, 0.717) is 35.9 Å². The van der Waals surface area contributed by atoms with E-state index in [2.05, 4.69) is 52.9 Å². The van der Waals surface area contributed by atoms with E-state index < -0.39 is 24.2 Å². The van der Waals surface area contributed by atoms with Crippen molar-refractivity contribution >= 4 is 33.3 Å². The van der Waals surface area contributed by atoms with E-state index in [1.807, 2.05) is 19.2 Å². The molecular formula is C32H38N6O3S. The zero-order valence-corrected chi connectivity index (χ0v) is 24.8. The molecule has 3 fully saturated rings. The van der Waals surface area contributed by atoms with Gasteiger partial charge in [-0.25, -0.2) is 9.97 Å². The number of aliphatic hydroxyl groups excluding tert-OH is 3. The first-order valence-corrected chi connectivity index (χ1v) is 15.9. The first-order valence-electron chi connectivity index (χ1n) is 15.1. The summed E-state index contributed by atoms with van der Waals surface area (Å²) in [5.41, 5.74) is 4.97. The van der Waals surface area contributed by atoms with Crippen LogP contribution >= 0.6 is 11.3 Å². The lowest BCUT2D eigenvalue weighted by molar-refractivity contribution is 0.00446. The van der Waals surface area contributed by atoms with Crippen molar-refractivity contribution in [3.63, 3.8) is 0 Å². The molecule has 0 saturated heterocycles. The SMILES string of the molecule is Cc1nc(NC(C)C2CC(c3ccccc3)C2)nc(NC2CC(CO)C(O)C2O)c1-c1nc2c(C3CC3)nccc2s1. The fourth-order valence-corrected chi connectivity index (χ4v) is 7.72. The number of pyridine rings is 1. The first kappa shape index (κ1) is 27.6. The molecule has 3 aliphatic carbocycles. The molecule has 5 atom stereocenters. The van der Waals surface area contributed by atoms with Crippen molar-refractivity contribution in [3.8, 4) is 10.6 Å². The maximum atomic E-state index is 10.8. The van der Waals surface area contributed by atoms with Crippen molar-refractivity contribution in [1.29, 1.82) is 0 Å². The molecule has 7 rings (SSSR count). The van der Waals surface area contributed by atoms with Crippen LogP contribution in [-0.2, 0) is 0 Å². The van der Waals surface area contributed by atoms with Gasteiger partial charge in [-0.15, -0.1) is 11.3 Å². The normalized spacial score (nSPS) is 28.0. The number of aromatic nitrogens is 4. The fourth-order valence-electron chi connectivity index (χ4n) is 6.65. The minimum atomic E-state index is -1.02. The van der Waals surface area contributed by atoms with Gasteiger partial charge < -0.3 is 26.0 Å². The number of hydrogen-bond acceptors (Lipinski definition) is 10. The molecule has 0 spiro atoms. The summed E-state index contributed by atoms with van der Waals surface area (Å²) in [4.78, 5) is 19.5. The van der Waals surface area contributed by atoms with Gasteiger partial charge in [0.2, 0.25) is 5.95 Å². The van der Waals surface area contributed by atoms with Gasteiger partial charge in [-0.3, -0.25) is 4.98 Å². The number of nitrogens with one attached hydrogen (secondary N) is 2. The summed E-state index contributed by atoms with van der Waals surface area (Å²) in [6, 6.07) is 12.4. The molecule has 9 nitrogen and oxygen atoms in total. The molecule has 220 valence electrons. The Morgan fingerprint density at radius 1 is 0.976 bits per heavy atom. The largest absolute Gasteiger partial charge is 0.396 e. The summed E-state index contributed by atoms with van der Waals surface area (Å²) in [7, 11) is 0. The number of aliphatic hydroxyl groups is 3. The van der Waals surface area contributed by atoms with E-state index in [9.17, 15) is 15.3 Å². The van der Waals surface area contributed by atoms with Crippen LogP contribution in [0.4, 0.5) is 11.8 Å². The Hall–Kier alpha value is -3.18. The van der Waals surface area contributed by atoms with Gasteiger partial charge in [-0.1, -0.05) is 30.3 Å².